The van der Waals surface area contributed by atoms with Gasteiger partial charge in [-0.25, -0.2) is 13.9 Å². The van der Waals surface area contributed by atoms with Crippen molar-refractivity contribution in [3.8, 4) is 11.4 Å². The van der Waals surface area contributed by atoms with Crippen molar-refractivity contribution in [3.63, 3.8) is 0 Å². The summed E-state index contributed by atoms with van der Waals surface area (Å²) in [4.78, 5) is 40.5. The van der Waals surface area contributed by atoms with Gasteiger partial charge in [-0.1, -0.05) is 35.0 Å². The molecule has 2 aliphatic rings. The summed E-state index contributed by atoms with van der Waals surface area (Å²) in [5.74, 6) is -2.21. The van der Waals surface area contributed by atoms with Crippen LogP contribution < -0.4 is 15.4 Å². The second-order valence-electron chi connectivity index (χ2n) is 10.5. The molecule has 226 valence electrons. The Morgan fingerprint density at radius 3 is 2.55 bits per heavy atom. The van der Waals surface area contributed by atoms with Crippen LogP contribution >= 0.6 is 11.6 Å². The molecule has 1 unspecified atom stereocenters. The molecule has 0 saturated carbocycles. The predicted molar refractivity (Wildman–Crippen MR) is 159 cm³/mol. The highest BCUT2D eigenvalue weighted by molar-refractivity contribution is 6.30. The van der Waals surface area contributed by atoms with E-state index in [9.17, 15) is 23.9 Å². The van der Waals surface area contributed by atoms with Gasteiger partial charge in [0, 0.05) is 17.8 Å². The van der Waals surface area contributed by atoms with E-state index < -0.39 is 29.6 Å². The van der Waals surface area contributed by atoms with Gasteiger partial charge in [0.1, 0.15) is 23.6 Å². The first-order valence-corrected chi connectivity index (χ1v) is 14.5. The number of halogens is 2. The fraction of sp³-hybridized carbons (Fsp3) is 0.258. The molecule has 1 aromatic heterocycles. The van der Waals surface area contributed by atoms with Gasteiger partial charge in [-0.05, 0) is 80.4 Å². The summed E-state index contributed by atoms with van der Waals surface area (Å²) in [6.45, 7) is 1.88. The number of fused-ring (bicyclic) bond motifs is 1. The molecule has 6 rings (SSSR count). The first-order valence-electron chi connectivity index (χ1n) is 14.1. The Hall–Kier alpha value is -4.81. The van der Waals surface area contributed by atoms with E-state index >= 15 is 0 Å². The standard InChI is InChI=1S/C31H28ClFN6O5/c32-23-4-2-5-25(27(23)33)39-17-24(36-37-39)30(41)38-16-13-21-22(3-1-6-26(21)44-20-11-14-34-15-12-20)28(38)29(40)35-19-9-7-18(8-10-19)31(42)43/h1-10,17,20,28,34H,11-16H2,(H,35,40)(H,42,43). The zero-order valence-corrected chi connectivity index (χ0v) is 24.1. The monoisotopic (exact) mass is 618 g/mol. The van der Waals surface area contributed by atoms with Gasteiger partial charge in [0.15, 0.2) is 11.5 Å². The smallest absolute Gasteiger partial charge is 0.335 e. The number of piperidine rings is 1. The number of hydrogen-bond donors (Lipinski definition) is 3. The molecule has 3 heterocycles. The van der Waals surface area contributed by atoms with E-state index in [1.54, 1.807) is 18.2 Å². The van der Waals surface area contributed by atoms with Gasteiger partial charge < -0.3 is 25.4 Å². The molecule has 11 nitrogen and oxygen atoms in total. The largest absolute Gasteiger partial charge is 0.490 e. The quantitative estimate of drug-likeness (QED) is 0.279. The summed E-state index contributed by atoms with van der Waals surface area (Å²) in [5.41, 5.74) is 1.81. The van der Waals surface area contributed by atoms with E-state index in [-0.39, 0.29) is 34.6 Å². The maximum Gasteiger partial charge on any atom is 0.335 e. The SMILES string of the molecule is O=C(O)c1ccc(NC(=O)C2c3cccc(OC4CCNCC4)c3CCN2C(=O)c2cn(-c3cccc(Cl)c3F)nn2)cc1. The molecule has 0 radical (unpaired) electrons. The molecule has 13 heteroatoms. The minimum Gasteiger partial charge on any atom is -0.490 e. The maximum atomic E-state index is 14.7. The average Bonchev–Trinajstić information content (AvgIpc) is 3.52. The van der Waals surface area contributed by atoms with Gasteiger partial charge in [-0.2, -0.15) is 0 Å². The Labute approximate surface area is 256 Å². The Balaban J connectivity index is 1.33. The second kappa shape index (κ2) is 12.4. The summed E-state index contributed by atoms with van der Waals surface area (Å²) in [6.07, 6.45) is 3.46. The maximum absolute atomic E-state index is 14.7. The number of hydrogen-bond acceptors (Lipinski definition) is 7. The van der Waals surface area contributed by atoms with Crippen LogP contribution in [0.4, 0.5) is 10.1 Å². The van der Waals surface area contributed by atoms with E-state index in [4.69, 9.17) is 16.3 Å². The Kier molecular flexibility index (Phi) is 8.27. The summed E-state index contributed by atoms with van der Waals surface area (Å²) >= 11 is 5.92. The van der Waals surface area contributed by atoms with Crippen LogP contribution in [0.3, 0.4) is 0 Å². The Bertz CT molecular complexity index is 1720. The van der Waals surface area contributed by atoms with Crippen molar-refractivity contribution in [2.45, 2.75) is 31.4 Å². The van der Waals surface area contributed by atoms with Crippen LogP contribution in [0.5, 0.6) is 5.75 Å². The van der Waals surface area contributed by atoms with E-state index in [0.29, 0.717) is 23.4 Å². The number of ether oxygens (including phenoxy) is 1. The summed E-state index contributed by atoms with van der Waals surface area (Å²) in [7, 11) is 0. The van der Waals surface area contributed by atoms with Crippen molar-refractivity contribution in [1.82, 2.24) is 25.2 Å². The minimum absolute atomic E-state index is 0.0202. The first kappa shape index (κ1) is 29.3. The van der Waals surface area contributed by atoms with Gasteiger partial charge in [0.2, 0.25) is 0 Å². The lowest BCUT2D eigenvalue weighted by atomic mass is 9.90. The highest BCUT2D eigenvalue weighted by atomic mass is 35.5. The van der Waals surface area contributed by atoms with Crippen molar-refractivity contribution in [2.24, 2.45) is 0 Å². The van der Waals surface area contributed by atoms with Crippen LogP contribution in [0.1, 0.15) is 50.9 Å². The predicted octanol–water partition coefficient (Wildman–Crippen LogP) is 4.27. The van der Waals surface area contributed by atoms with Crippen LogP contribution in [-0.2, 0) is 11.2 Å². The third kappa shape index (κ3) is 5.86. The molecule has 0 aliphatic carbocycles. The van der Waals surface area contributed by atoms with Crippen LogP contribution in [0.2, 0.25) is 5.02 Å². The van der Waals surface area contributed by atoms with Crippen LogP contribution in [0.15, 0.2) is 66.9 Å². The minimum atomic E-state index is -1.09. The fourth-order valence-electron chi connectivity index (χ4n) is 5.54. The Morgan fingerprint density at radius 2 is 1.80 bits per heavy atom. The molecule has 3 aromatic carbocycles. The number of rotatable bonds is 7. The third-order valence-electron chi connectivity index (χ3n) is 7.76. The molecule has 1 fully saturated rings. The van der Waals surface area contributed by atoms with Gasteiger partial charge in [0.25, 0.3) is 11.8 Å². The first-order chi connectivity index (χ1) is 21.3. The summed E-state index contributed by atoms with van der Waals surface area (Å²) in [6, 6.07) is 14.5. The number of carboxylic acid groups (broad SMARTS) is 1. The molecule has 1 saturated heterocycles. The zero-order valence-electron chi connectivity index (χ0n) is 23.4. The van der Waals surface area contributed by atoms with Gasteiger partial charge in [0.05, 0.1) is 16.8 Å². The number of nitrogens with one attached hydrogen (secondary N) is 2. The van der Waals surface area contributed by atoms with Crippen LogP contribution in [-0.4, -0.2) is 68.5 Å². The highest BCUT2D eigenvalue weighted by Crippen LogP contribution is 2.37. The van der Waals surface area contributed by atoms with E-state index in [2.05, 4.69) is 20.9 Å². The molecule has 3 N–H and O–H groups in total. The molecular formula is C31H28ClFN6O5. The number of amides is 2. The van der Waals surface area contributed by atoms with Crippen LogP contribution in [0, 0.1) is 5.82 Å². The number of anilines is 1. The number of carboxylic acids is 1. The van der Waals surface area contributed by atoms with Crippen molar-refractivity contribution in [2.75, 3.05) is 25.0 Å². The molecular weight excluding hydrogens is 591 g/mol. The number of nitrogens with zero attached hydrogens (tertiary/aromatic N) is 4. The summed E-state index contributed by atoms with van der Waals surface area (Å²) in [5, 5.41) is 23.2. The van der Waals surface area contributed by atoms with Crippen molar-refractivity contribution in [3.05, 3.63) is 100 Å². The molecule has 0 spiro atoms. The number of benzene rings is 3. The highest BCUT2D eigenvalue weighted by Gasteiger charge is 2.39. The topological polar surface area (TPSA) is 139 Å². The average molecular weight is 619 g/mol. The van der Waals surface area contributed by atoms with Gasteiger partial charge in [-0.15, -0.1) is 5.10 Å². The van der Waals surface area contributed by atoms with Gasteiger partial charge >= 0.3 is 5.97 Å². The molecule has 4 aromatic rings. The molecule has 44 heavy (non-hydrogen) atoms. The van der Waals surface area contributed by atoms with Crippen molar-refractivity contribution in [1.29, 1.82) is 0 Å². The number of carbonyl (C=O) groups excluding carboxylic acids is 2. The zero-order chi connectivity index (χ0) is 30.8. The van der Waals surface area contributed by atoms with E-state index in [1.165, 1.54) is 47.5 Å². The van der Waals surface area contributed by atoms with E-state index in [1.807, 2.05) is 6.07 Å². The van der Waals surface area contributed by atoms with E-state index in [0.717, 1.165) is 36.2 Å². The lowest BCUT2D eigenvalue weighted by Gasteiger charge is -2.37. The number of aromatic nitrogens is 3. The normalized spacial score (nSPS) is 16.7. The summed E-state index contributed by atoms with van der Waals surface area (Å²) < 4.78 is 22.2. The lowest BCUT2D eigenvalue weighted by Crippen LogP contribution is -2.45. The Morgan fingerprint density at radius 1 is 1.05 bits per heavy atom. The molecule has 2 aliphatic heterocycles. The van der Waals surface area contributed by atoms with Crippen molar-refractivity contribution >= 4 is 35.1 Å². The van der Waals surface area contributed by atoms with Gasteiger partial charge in [-0.3, -0.25) is 9.59 Å². The number of aromatic carboxylic acids is 1. The second-order valence-corrected chi connectivity index (χ2v) is 10.9. The third-order valence-corrected chi connectivity index (χ3v) is 8.05. The van der Waals surface area contributed by atoms with Crippen molar-refractivity contribution < 1.29 is 28.6 Å². The van der Waals surface area contributed by atoms with Crippen LogP contribution in [0.25, 0.3) is 5.69 Å². The molecule has 1 atom stereocenters. The molecule has 2 amide bonds. The number of carbonyl (C=O) groups is 3. The molecule has 0 bridgehead atoms. The fourth-order valence-corrected chi connectivity index (χ4v) is 5.71. The lowest BCUT2D eigenvalue weighted by molar-refractivity contribution is -0.121.